The maximum Gasteiger partial charge on any atom is 0.327 e. The first-order valence-electron chi connectivity index (χ1n) is 15.9. The fourth-order valence-electron chi connectivity index (χ4n) is 5.24. The topological polar surface area (TPSA) is 129 Å². The van der Waals surface area contributed by atoms with Crippen LogP contribution in [0.3, 0.4) is 0 Å². The van der Waals surface area contributed by atoms with Gasteiger partial charge >= 0.3 is 17.2 Å². The van der Waals surface area contributed by atoms with Gasteiger partial charge in [-0.1, -0.05) is 114 Å². The van der Waals surface area contributed by atoms with Crippen LogP contribution in [-0.4, -0.2) is 44.5 Å². The summed E-state index contributed by atoms with van der Waals surface area (Å²) in [4.78, 5) is 38.1. The van der Waals surface area contributed by atoms with Crippen LogP contribution in [0.2, 0.25) is 0 Å². The number of rotatable bonds is 25. The van der Waals surface area contributed by atoms with Crippen LogP contribution in [0.4, 0.5) is 0 Å². The van der Waals surface area contributed by atoms with Crippen molar-refractivity contribution in [3.05, 3.63) is 65.2 Å². The predicted octanol–water partition coefficient (Wildman–Crippen LogP) is 8.05. The van der Waals surface area contributed by atoms with E-state index in [2.05, 4.69) is 13.8 Å². The maximum absolute atomic E-state index is 10.6. The van der Waals surface area contributed by atoms with Gasteiger partial charge in [-0.15, -0.1) is 0 Å². The second-order valence-corrected chi connectivity index (χ2v) is 13.0. The Morgan fingerprint density at radius 2 is 1.02 bits per heavy atom. The average Bonchev–Trinajstić information content (AvgIpc) is 3.01. The van der Waals surface area contributed by atoms with Crippen molar-refractivity contribution in [2.75, 3.05) is 19.8 Å². The SMILES string of the molecule is CCCCCCCCc1ccc(OC(c2ccc(CCCCCCCC)cc2)C(CO)(COP(O)O)COP(O)O)cc1. The van der Waals surface area contributed by atoms with E-state index in [1.54, 1.807) is 0 Å². The second-order valence-electron chi connectivity index (χ2n) is 11.5. The fourth-order valence-corrected chi connectivity index (χ4v) is 5.98. The lowest BCUT2D eigenvalue weighted by molar-refractivity contribution is -0.0654. The van der Waals surface area contributed by atoms with Crippen molar-refractivity contribution in [1.82, 2.24) is 0 Å². The molecule has 0 spiro atoms. The molecule has 0 aliphatic heterocycles. The van der Waals surface area contributed by atoms with Gasteiger partial charge in [0.2, 0.25) is 0 Å². The highest BCUT2D eigenvalue weighted by molar-refractivity contribution is 7.39. The Kier molecular flexibility index (Phi) is 19.7. The molecule has 5 N–H and O–H groups in total. The summed E-state index contributed by atoms with van der Waals surface area (Å²) >= 11 is 0. The summed E-state index contributed by atoms with van der Waals surface area (Å²) in [6.45, 7) is 3.23. The van der Waals surface area contributed by atoms with E-state index in [-0.39, 0.29) is 13.2 Å². The molecule has 2 rings (SSSR count). The highest BCUT2D eigenvalue weighted by atomic mass is 31.2. The third kappa shape index (κ3) is 15.1. The number of hydrogen-bond acceptors (Lipinski definition) is 8. The molecule has 244 valence electrons. The Hall–Kier alpha value is -1.18. The molecule has 2 aromatic carbocycles. The minimum Gasteiger partial charge on any atom is -0.485 e. The van der Waals surface area contributed by atoms with Crippen LogP contribution in [0, 0.1) is 5.41 Å². The Bertz CT molecular complexity index is 944. The van der Waals surface area contributed by atoms with E-state index >= 15 is 0 Å². The number of hydrogen-bond donors (Lipinski definition) is 5. The molecule has 0 bridgehead atoms. The van der Waals surface area contributed by atoms with Crippen LogP contribution in [0.25, 0.3) is 0 Å². The van der Waals surface area contributed by atoms with Gasteiger partial charge in [0.05, 0.1) is 25.2 Å². The first kappa shape index (κ1) is 38.0. The molecule has 10 heteroatoms. The number of aliphatic hydroxyl groups excluding tert-OH is 1. The molecule has 2 aromatic rings. The van der Waals surface area contributed by atoms with Crippen LogP contribution in [-0.2, 0) is 21.9 Å². The predicted molar refractivity (Wildman–Crippen MR) is 175 cm³/mol. The maximum atomic E-state index is 10.6. The number of benzene rings is 2. The van der Waals surface area contributed by atoms with Crippen LogP contribution in [0.5, 0.6) is 5.75 Å². The Labute approximate surface area is 261 Å². The van der Waals surface area contributed by atoms with Gasteiger partial charge in [0.15, 0.2) is 0 Å². The molecule has 0 heterocycles. The van der Waals surface area contributed by atoms with Crippen LogP contribution in [0.1, 0.15) is 114 Å². The molecule has 0 aliphatic carbocycles. The molecular formula is C33H54O8P2. The molecule has 0 aliphatic rings. The Balaban J connectivity index is 2.23. The van der Waals surface area contributed by atoms with Crippen molar-refractivity contribution >= 4 is 17.2 Å². The van der Waals surface area contributed by atoms with E-state index in [0.717, 1.165) is 31.2 Å². The largest absolute Gasteiger partial charge is 0.485 e. The highest BCUT2D eigenvalue weighted by Crippen LogP contribution is 2.43. The summed E-state index contributed by atoms with van der Waals surface area (Å²) < 4.78 is 16.9. The number of aryl methyl sites for hydroxylation is 2. The molecule has 0 radical (unpaired) electrons. The normalized spacial score (nSPS) is 12.8. The molecule has 1 unspecified atom stereocenters. The van der Waals surface area contributed by atoms with E-state index in [1.807, 2.05) is 48.5 Å². The Morgan fingerprint density at radius 1 is 0.605 bits per heavy atom. The van der Waals surface area contributed by atoms with Crippen molar-refractivity contribution in [2.24, 2.45) is 5.41 Å². The quantitative estimate of drug-likeness (QED) is 0.0545. The molecular weight excluding hydrogens is 586 g/mol. The van der Waals surface area contributed by atoms with Crippen molar-refractivity contribution in [3.63, 3.8) is 0 Å². The number of aliphatic hydroxyl groups is 1. The fraction of sp³-hybridized carbons (Fsp3) is 0.636. The zero-order valence-corrected chi connectivity index (χ0v) is 27.9. The van der Waals surface area contributed by atoms with Gasteiger partial charge in [-0.05, 0) is 54.5 Å². The van der Waals surface area contributed by atoms with Gasteiger partial charge in [0.25, 0.3) is 0 Å². The summed E-state index contributed by atoms with van der Waals surface area (Å²) in [6.07, 6.45) is 15.9. The lowest BCUT2D eigenvalue weighted by atomic mass is 9.80. The lowest BCUT2D eigenvalue weighted by Gasteiger charge is -2.39. The van der Waals surface area contributed by atoms with Gasteiger partial charge in [0, 0.05) is 0 Å². The summed E-state index contributed by atoms with van der Waals surface area (Å²) in [5.74, 6) is 0.566. The third-order valence-corrected chi connectivity index (χ3v) is 8.62. The van der Waals surface area contributed by atoms with Gasteiger partial charge in [-0.3, -0.25) is 0 Å². The molecule has 0 saturated heterocycles. The highest BCUT2D eigenvalue weighted by Gasteiger charge is 2.44. The van der Waals surface area contributed by atoms with Crippen molar-refractivity contribution in [2.45, 2.75) is 110 Å². The van der Waals surface area contributed by atoms with E-state index in [1.165, 1.54) is 75.3 Å². The summed E-state index contributed by atoms with van der Waals surface area (Å²) in [5, 5.41) is 10.6. The smallest absolute Gasteiger partial charge is 0.327 e. The summed E-state index contributed by atoms with van der Waals surface area (Å²) in [6, 6.07) is 15.8. The molecule has 0 amide bonds. The van der Waals surface area contributed by atoms with E-state index in [4.69, 9.17) is 13.8 Å². The minimum atomic E-state index is -2.73. The van der Waals surface area contributed by atoms with Crippen molar-refractivity contribution < 1.29 is 38.5 Å². The monoisotopic (exact) mass is 640 g/mol. The summed E-state index contributed by atoms with van der Waals surface area (Å²) in [7, 11) is -5.45. The van der Waals surface area contributed by atoms with Crippen molar-refractivity contribution in [3.8, 4) is 5.75 Å². The lowest BCUT2D eigenvalue weighted by Crippen LogP contribution is -2.43. The molecule has 1 atom stereocenters. The molecule has 8 nitrogen and oxygen atoms in total. The standard InChI is InChI=1S/C33H54O8P2/c1-3-5-7-9-11-13-15-28-17-21-30(22-18-28)32(33(25-34,26-39-42(35)36)27-40-43(37)38)41-31-23-19-29(20-24-31)16-14-12-10-8-6-4-2/h17-24,32,34-38H,3-16,25-27H2,1-2H3. The molecule has 0 saturated carbocycles. The average molecular weight is 641 g/mol. The van der Waals surface area contributed by atoms with Gasteiger partial charge in [-0.2, -0.15) is 0 Å². The van der Waals surface area contributed by atoms with Gasteiger partial charge < -0.3 is 38.5 Å². The second kappa shape index (κ2) is 22.3. The van der Waals surface area contributed by atoms with Crippen molar-refractivity contribution in [1.29, 1.82) is 0 Å². The number of ether oxygens (including phenoxy) is 1. The zero-order chi connectivity index (χ0) is 31.3. The van der Waals surface area contributed by atoms with E-state index in [0.29, 0.717) is 5.75 Å². The minimum absolute atomic E-state index is 0.342. The molecule has 0 aromatic heterocycles. The van der Waals surface area contributed by atoms with Crippen LogP contribution < -0.4 is 4.74 Å². The van der Waals surface area contributed by atoms with Crippen LogP contribution >= 0.6 is 17.2 Å². The zero-order valence-electron chi connectivity index (χ0n) is 26.1. The molecule has 43 heavy (non-hydrogen) atoms. The van der Waals surface area contributed by atoms with E-state index < -0.39 is 35.3 Å². The first-order chi connectivity index (χ1) is 20.8. The Morgan fingerprint density at radius 3 is 1.44 bits per heavy atom. The third-order valence-electron chi connectivity index (χ3n) is 7.90. The van der Waals surface area contributed by atoms with Gasteiger partial charge in [-0.25, -0.2) is 0 Å². The first-order valence-corrected chi connectivity index (χ1v) is 18.2. The molecule has 0 fully saturated rings. The van der Waals surface area contributed by atoms with Crippen LogP contribution in [0.15, 0.2) is 48.5 Å². The summed E-state index contributed by atoms with van der Waals surface area (Å²) in [5.41, 5.74) is 1.78. The van der Waals surface area contributed by atoms with E-state index in [9.17, 15) is 24.7 Å². The van der Waals surface area contributed by atoms with Gasteiger partial charge in [0.1, 0.15) is 11.9 Å². The number of unbranched alkanes of at least 4 members (excludes halogenated alkanes) is 10.